The lowest BCUT2D eigenvalue weighted by Crippen LogP contribution is -2.53. The van der Waals surface area contributed by atoms with Crippen LogP contribution >= 0.6 is 0 Å². The van der Waals surface area contributed by atoms with Gasteiger partial charge in [0.2, 0.25) is 11.8 Å². The molecule has 11 nitrogen and oxygen atoms in total. The zero-order valence-electron chi connectivity index (χ0n) is 29.6. The molecule has 14 heteroatoms. The molecule has 1 aliphatic heterocycles. The number of aromatic nitrogens is 2. The molecule has 1 saturated heterocycles. The summed E-state index contributed by atoms with van der Waals surface area (Å²) >= 11 is 0. The SMILES string of the molecule is CC(C)C(NC(=O)C(Cc1ccc(OC(F)(F)F)cc1)CC(O)C(Cc1ccccc1)NC(=O)OC(C)(C)C)C(=O)N1CCC(n2ccnc2)C1. The summed E-state index contributed by atoms with van der Waals surface area (Å²) in [4.78, 5) is 46.6. The van der Waals surface area contributed by atoms with E-state index in [4.69, 9.17) is 4.74 Å². The number of ether oxygens (including phenoxy) is 2. The third-order valence-corrected chi connectivity index (χ3v) is 8.65. The minimum Gasteiger partial charge on any atom is -0.444 e. The second-order valence-electron chi connectivity index (χ2n) is 14.3. The molecule has 0 radical (unpaired) electrons. The van der Waals surface area contributed by atoms with E-state index in [0.717, 1.165) is 24.1 Å². The van der Waals surface area contributed by atoms with Crippen molar-refractivity contribution in [2.75, 3.05) is 13.1 Å². The van der Waals surface area contributed by atoms with Gasteiger partial charge in [-0.2, -0.15) is 0 Å². The van der Waals surface area contributed by atoms with Crippen LogP contribution < -0.4 is 15.4 Å². The lowest BCUT2D eigenvalue weighted by atomic mass is 9.88. The summed E-state index contributed by atoms with van der Waals surface area (Å²) in [5.41, 5.74) is 0.527. The number of amides is 3. The predicted molar refractivity (Wildman–Crippen MR) is 183 cm³/mol. The molecular weight excluding hydrogens is 667 g/mol. The summed E-state index contributed by atoms with van der Waals surface area (Å²) in [5.74, 6) is -2.39. The van der Waals surface area contributed by atoms with E-state index < -0.39 is 53.8 Å². The minimum absolute atomic E-state index is 0.0190. The Morgan fingerprint density at radius 3 is 2.24 bits per heavy atom. The molecule has 278 valence electrons. The molecule has 2 aromatic carbocycles. The summed E-state index contributed by atoms with van der Waals surface area (Å²) in [6, 6.07) is 12.7. The number of rotatable bonds is 14. The quantitative estimate of drug-likeness (QED) is 0.202. The Kier molecular flexibility index (Phi) is 13.1. The van der Waals surface area contributed by atoms with Crippen molar-refractivity contribution in [2.24, 2.45) is 11.8 Å². The highest BCUT2D eigenvalue weighted by Gasteiger charge is 2.37. The first-order valence-corrected chi connectivity index (χ1v) is 17.1. The first kappa shape index (κ1) is 39.2. The molecule has 1 aromatic heterocycles. The molecule has 5 atom stereocenters. The number of likely N-dealkylation sites (tertiary alicyclic amines) is 1. The number of imidazole rings is 1. The van der Waals surface area contributed by atoms with Crippen molar-refractivity contribution < 1.29 is 42.1 Å². The van der Waals surface area contributed by atoms with Crippen LogP contribution in [0.3, 0.4) is 0 Å². The predicted octanol–water partition coefficient (Wildman–Crippen LogP) is 5.44. The van der Waals surface area contributed by atoms with Crippen LogP contribution in [0.1, 0.15) is 64.6 Å². The molecule has 0 saturated carbocycles. The number of hydrogen-bond donors (Lipinski definition) is 3. The number of alkyl halides is 3. The van der Waals surface area contributed by atoms with E-state index in [1.54, 1.807) is 38.2 Å². The monoisotopic (exact) mass is 715 g/mol. The molecule has 3 N–H and O–H groups in total. The minimum atomic E-state index is -4.87. The van der Waals surface area contributed by atoms with E-state index in [9.17, 15) is 32.7 Å². The highest BCUT2D eigenvalue weighted by atomic mass is 19.4. The van der Waals surface area contributed by atoms with Crippen molar-refractivity contribution in [1.29, 1.82) is 0 Å². The fraction of sp³-hybridized carbons (Fsp3) is 0.514. The maximum Gasteiger partial charge on any atom is 0.573 e. The normalized spacial score (nSPS) is 17.4. The first-order chi connectivity index (χ1) is 24.0. The van der Waals surface area contributed by atoms with E-state index in [1.807, 2.05) is 54.9 Å². The maximum absolute atomic E-state index is 14.1. The summed E-state index contributed by atoms with van der Waals surface area (Å²) in [6.07, 6.45) is -0.803. The molecule has 2 heterocycles. The lowest BCUT2D eigenvalue weighted by molar-refractivity contribution is -0.274. The van der Waals surface area contributed by atoms with Gasteiger partial charge in [-0.15, -0.1) is 13.2 Å². The number of alkyl carbamates (subject to hydrolysis) is 1. The van der Waals surface area contributed by atoms with E-state index in [0.29, 0.717) is 18.7 Å². The molecule has 0 aliphatic carbocycles. The second-order valence-corrected chi connectivity index (χ2v) is 14.3. The topological polar surface area (TPSA) is 135 Å². The average Bonchev–Trinajstić information content (AvgIpc) is 3.75. The Labute approximate surface area is 296 Å². The van der Waals surface area contributed by atoms with Gasteiger partial charge in [0, 0.05) is 31.4 Å². The number of hydrogen-bond acceptors (Lipinski definition) is 7. The lowest BCUT2D eigenvalue weighted by Gasteiger charge is -2.31. The molecule has 0 spiro atoms. The van der Waals surface area contributed by atoms with Gasteiger partial charge in [0.15, 0.2) is 0 Å². The number of aliphatic hydroxyl groups is 1. The van der Waals surface area contributed by atoms with Gasteiger partial charge in [0.05, 0.1) is 24.5 Å². The number of carbonyl (C=O) groups excluding carboxylic acids is 3. The van der Waals surface area contributed by atoms with Crippen molar-refractivity contribution in [3.05, 3.63) is 84.4 Å². The average molecular weight is 716 g/mol. The fourth-order valence-corrected chi connectivity index (χ4v) is 6.11. The van der Waals surface area contributed by atoms with Crippen LogP contribution in [-0.2, 0) is 27.2 Å². The Morgan fingerprint density at radius 2 is 1.65 bits per heavy atom. The van der Waals surface area contributed by atoms with Crippen molar-refractivity contribution in [3.8, 4) is 5.75 Å². The molecule has 3 amide bonds. The van der Waals surface area contributed by atoms with Crippen LogP contribution in [0.15, 0.2) is 73.3 Å². The second kappa shape index (κ2) is 17.1. The molecule has 51 heavy (non-hydrogen) atoms. The summed E-state index contributed by atoms with van der Waals surface area (Å²) < 4.78 is 49.8. The summed E-state index contributed by atoms with van der Waals surface area (Å²) in [5, 5.41) is 17.3. The number of aliphatic hydroxyl groups excluding tert-OH is 1. The number of nitrogens with zero attached hydrogens (tertiary/aromatic N) is 3. The van der Waals surface area contributed by atoms with Gasteiger partial charge in [0.1, 0.15) is 17.4 Å². The van der Waals surface area contributed by atoms with E-state index in [-0.39, 0.29) is 37.1 Å². The number of nitrogens with one attached hydrogen (secondary N) is 2. The molecular formula is C37H48F3N5O6. The van der Waals surface area contributed by atoms with Crippen molar-refractivity contribution >= 4 is 17.9 Å². The van der Waals surface area contributed by atoms with Crippen molar-refractivity contribution in [1.82, 2.24) is 25.1 Å². The Bertz CT molecular complexity index is 1560. The van der Waals surface area contributed by atoms with E-state index in [2.05, 4.69) is 20.4 Å². The highest BCUT2D eigenvalue weighted by molar-refractivity contribution is 5.89. The van der Waals surface area contributed by atoms with Crippen molar-refractivity contribution in [3.63, 3.8) is 0 Å². The van der Waals surface area contributed by atoms with Crippen LogP contribution in [0, 0.1) is 11.8 Å². The van der Waals surface area contributed by atoms with Gasteiger partial charge in [-0.05, 0) is 75.6 Å². The molecule has 1 aliphatic rings. The first-order valence-electron chi connectivity index (χ1n) is 17.1. The van der Waals surface area contributed by atoms with Gasteiger partial charge < -0.3 is 34.7 Å². The summed E-state index contributed by atoms with van der Waals surface area (Å²) in [6.45, 7) is 9.77. The largest absolute Gasteiger partial charge is 0.573 e. The standard InChI is InChI=1S/C37H48F3N5O6/c1-24(2)32(34(48)44-17-15-28(22-44)45-18-16-41-23-45)43-33(47)27(19-26-11-13-29(14-12-26)50-37(38,39)40)21-31(46)30(20-25-9-7-6-8-10-25)42-35(49)51-36(3,4)5/h6-14,16,18,23-24,27-28,30-32,46H,15,17,19-22H2,1-5H3,(H,42,49)(H,43,47). The Hall–Kier alpha value is -4.59. The van der Waals surface area contributed by atoms with E-state index in [1.165, 1.54) is 12.1 Å². The highest BCUT2D eigenvalue weighted by Crippen LogP contribution is 2.26. The molecule has 5 unspecified atom stereocenters. The van der Waals surface area contributed by atoms with Crippen LogP contribution in [0.4, 0.5) is 18.0 Å². The van der Waals surface area contributed by atoms with Gasteiger partial charge in [0.25, 0.3) is 0 Å². The van der Waals surface area contributed by atoms with Gasteiger partial charge in [-0.3, -0.25) is 9.59 Å². The van der Waals surface area contributed by atoms with E-state index >= 15 is 0 Å². The number of halogens is 3. The Balaban J connectivity index is 1.56. The van der Waals surface area contributed by atoms with Gasteiger partial charge in [-0.25, -0.2) is 9.78 Å². The molecule has 3 aromatic rings. The third-order valence-electron chi connectivity index (χ3n) is 8.65. The third kappa shape index (κ3) is 12.3. The van der Waals surface area contributed by atoms with Crippen LogP contribution in [0.25, 0.3) is 0 Å². The summed E-state index contributed by atoms with van der Waals surface area (Å²) in [7, 11) is 0. The van der Waals surface area contributed by atoms with Crippen LogP contribution in [0.5, 0.6) is 5.75 Å². The number of benzene rings is 2. The fourth-order valence-electron chi connectivity index (χ4n) is 6.11. The molecule has 1 fully saturated rings. The maximum atomic E-state index is 14.1. The molecule has 4 rings (SSSR count). The Morgan fingerprint density at radius 1 is 0.980 bits per heavy atom. The smallest absolute Gasteiger partial charge is 0.444 e. The van der Waals surface area contributed by atoms with Gasteiger partial charge >= 0.3 is 12.5 Å². The van der Waals surface area contributed by atoms with Gasteiger partial charge in [-0.1, -0.05) is 56.3 Å². The van der Waals surface area contributed by atoms with Crippen LogP contribution in [0.2, 0.25) is 0 Å². The number of carbonyl (C=O) groups is 3. The zero-order chi connectivity index (χ0) is 37.3. The molecule has 0 bridgehead atoms. The zero-order valence-corrected chi connectivity index (χ0v) is 29.6. The van der Waals surface area contributed by atoms with Crippen molar-refractivity contribution in [2.45, 2.75) is 96.5 Å². The van der Waals surface area contributed by atoms with Crippen LogP contribution in [-0.4, -0.2) is 80.7 Å².